The van der Waals surface area contributed by atoms with Crippen LogP contribution in [-0.4, -0.2) is 79.3 Å². The Hall–Kier alpha value is -3.03. The van der Waals surface area contributed by atoms with Gasteiger partial charge < -0.3 is 18.9 Å². The first-order chi connectivity index (χ1) is 20.6. The Morgan fingerprint density at radius 3 is 2.45 bits per heavy atom. The van der Waals surface area contributed by atoms with Crippen LogP contribution in [0.1, 0.15) is 50.1 Å². The zero-order valence-electron chi connectivity index (χ0n) is 25.7. The lowest BCUT2D eigenvalue weighted by Crippen LogP contribution is -2.57. The normalized spacial score (nSPS) is 15.1. The number of amides is 1. The number of hydrogen-bond acceptors (Lipinski definition) is 10. The first kappa shape index (κ1) is 35.4. The van der Waals surface area contributed by atoms with Gasteiger partial charge in [0.25, 0.3) is 5.91 Å². The number of rotatable bonds is 14. The summed E-state index contributed by atoms with van der Waals surface area (Å²) in [5.41, 5.74) is 4.93. The Bertz CT molecular complexity index is 1470. The number of aromatic nitrogens is 2. The highest BCUT2D eigenvalue weighted by Crippen LogP contribution is 2.36. The summed E-state index contributed by atoms with van der Waals surface area (Å²) in [5, 5.41) is 13.5. The Kier molecular flexibility index (Phi) is 12.7. The number of carbonyl (C=O) groups is 1. The number of methoxy groups -OCH3 is 1. The highest BCUT2D eigenvalue weighted by molar-refractivity contribution is 7.93. The van der Waals surface area contributed by atoms with Crippen LogP contribution in [0, 0.1) is 12.8 Å². The molecule has 0 radical (unpaired) electrons. The second-order valence-electron chi connectivity index (χ2n) is 11.5. The quantitative estimate of drug-likeness (QED) is 0.146. The molecule has 0 saturated carbocycles. The average molecular weight is 651 g/mol. The first-order valence-corrected chi connectivity index (χ1v) is 16.1. The number of benzene rings is 2. The van der Waals surface area contributed by atoms with Crippen molar-refractivity contribution < 1.29 is 32.4 Å². The van der Waals surface area contributed by atoms with Crippen LogP contribution in [0.4, 0.5) is 0 Å². The van der Waals surface area contributed by atoms with E-state index in [0.29, 0.717) is 69.1 Å². The molecule has 2 aromatic carbocycles. The molecule has 1 amide bonds. The Morgan fingerprint density at radius 1 is 1.14 bits per heavy atom. The number of nitrogens with one attached hydrogen (secondary N) is 1. The first-order valence-electron chi connectivity index (χ1n) is 14.7. The van der Waals surface area contributed by atoms with Crippen LogP contribution in [0.5, 0.6) is 5.75 Å². The van der Waals surface area contributed by atoms with Crippen molar-refractivity contribution in [1.29, 1.82) is 0 Å². The van der Waals surface area contributed by atoms with E-state index < -0.39 is 20.5 Å². The van der Waals surface area contributed by atoms with E-state index in [2.05, 4.69) is 36.1 Å². The van der Waals surface area contributed by atoms with Crippen molar-refractivity contribution >= 4 is 28.2 Å². The van der Waals surface area contributed by atoms with Gasteiger partial charge in [-0.15, -0.1) is 12.4 Å². The van der Waals surface area contributed by atoms with Gasteiger partial charge in [0.2, 0.25) is 11.7 Å². The number of aryl methyl sites for hydroxylation is 2. The van der Waals surface area contributed by atoms with Crippen molar-refractivity contribution in [2.24, 2.45) is 5.92 Å². The fourth-order valence-corrected chi connectivity index (χ4v) is 7.43. The van der Waals surface area contributed by atoms with Gasteiger partial charge in [-0.05, 0) is 73.9 Å². The third kappa shape index (κ3) is 8.16. The molecule has 13 heteroatoms. The lowest BCUT2D eigenvalue weighted by atomic mass is 9.95. The summed E-state index contributed by atoms with van der Waals surface area (Å²) in [7, 11) is -2.50. The standard InChI is InChI=1S/C31H42N4O7S.ClH/c1-22(2)20-24-7-12-27(23(3)21-24)29-32-28(42-34-29)6-5-18-41-25-8-10-26(11-9-25)43(38,39)31(30(36)33-37)13-15-35(16-14-31)17-19-40-4;/h7-12,21-22,37H,5-6,13-20H2,1-4H3,(H,33,36);1H. The Labute approximate surface area is 265 Å². The fraction of sp³-hybridized carbons (Fsp3) is 0.516. The van der Waals surface area contributed by atoms with Crippen LogP contribution >= 0.6 is 12.4 Å². The summed E-state index contributed by atoms with van der Waals surface area (Å²) in [6.45, 7) is 8.74. The number of nitrogens with zero attached hydrogens (tertiary/aromatic N) is 3. The smallest absolute Gasteiger partial charge is 0.265 e. The molecule has 2 N–H and O–H groups in total. The molecule has 242 valence electrons. The van der Waals surface area contributed by atoms with Gasteiger partial charge in [0.1, 0.15) is 5.75 Å². The number of hydrogen-bond donors (Lipinski definition) is 2. The van der Waals surface area contributed by atoms with Crippen molar-refractivity contribution in [3.63, 3.8) is 0 Å². The van der Waals surface area contributed by atoms with Crippen molar-refractivity contribution in [2.75, 3.05) is 40.0 Å². The molecule has 2 heterocycles. The molecular weight excluding hydrogens is 608 g/mol. The molecule has 1 fully saturated rings. The van der Waals surface area contributed by atoms with Crippen LogP contribution in [0.3, 0.4) is 0 Å². The molecule has 4 rings (SSSR count). The molecule has 1 saturated heterocycles. The number of carbonyl (C=O) groups excluding carboxylic acids is 1. The molecule has 0 unspecified atom stereocenters. The molecular formula is C31H43ClN4O7S. The maximum Gasteiger partial charge on any atom is 0.265 e. The predicted molar refractivity (Wildman–Crippen MR) is 168 cm³/mol. The number of halogens is 1. The van der Waals surface area contributed by atoms with Crippen LogP contribution in [0.2, 0.25) is 0 Å². The van der Waals surface area contributed by atoms with E-state index in [1.807, 2.05) is 17.9 Å². The van der Waals surface area contributed by atoms with E-state index in [1.54, 1.807) is 24.7 Å². The molecule has 1 aliphatic rings. The Morgan fingerprint density at radius 2 is 1.84 bits per heavy atom. The zero-order valence-corrected chi connectivity index (χ0v) is 27.4. The van der Waals surface area contributed by atoms with E-state index >= 15 is 0 Å². The van der Waals surface area contributed by atoms with Gasteiger partial charge >= 0.3 is 0 Å². The van der Waals surface area contributed by atoms with Gasteiger partial charge in [-0.3, -0.25) is 10.0 Å². The highest BCUT2D eigenvalue weighted by atomic mass is 35.5. The molecule has 0 atom stereocenters. The van der Waals surface area contributed by atoms with E-state index in [4.69, 9.17) is 14.0 Å². The van der Waals surface area contributed by atoms with Gasteiger partial charge in [-0.25, -0.2) is 13.9 Å². The SMILES string of the molecule is COCCN1CCC(C(=O)NO)(S(=O)(=O)c2ccc(OCCCc3nc(-c4ccc(CC(C)C)cc4C)no3)cc2)CC1.Cl. The van der Waals surface area contributed by atoms with Crippen LogP contribution in [-0.2, 0) is 32.2 Å². The number of piperidine rings is 1. The minimum absolute atomic E-state index is 0. The van der Waals surface area contributed by atoms with Crippen LogP contribution in [0.15, 0.2) is 51.9 Å². The largest absolute Gasteiger partial charge is 0.494 e. The lowest BCUT2D eigenvalue weighted by Gasteiger charge is -2.39. The van der Waals surface area contributed by atoms with Gasteiger partial charge in [0.05, 0.1) is 18.1 Å². The summed E-state index contributed by atoms with van der Waals surface area (Å²) in [5.74, 6) is 1.25. The van der Waals surface area contributed by atoms with E-state index in [0.717, 1.165) is 17.5 Å². The second-order valence-corrected chi connectivity index (χ2v) is 13.7. The van der Waals surface area contributed by atoms with Gasteiger partial charge in [-0.2, -0.15) is 4.98 Å². The third-order valence-electron chi connectivity index (χ3n) is 7.89. The van der Waals surface area contributed by atoms with Crippen molar-refractivity contribution in [1.82, 2.24) is 20.5 Å². The predicted octanol–water partition coefficient (Wildman–Crippen LogP) is 4.44. The fourth-order valence-electron chi connectivity index (χ4n) is 5.47. The van der Waals surface area contributed by atoms with E-state index in [1.165, 1.54) is 17.7 Å². The molecule has 1 aromatic heterocycles. The lowest BCUT2D eigenvalue weighted by molar-refractivity contribution is -0.133. The van der Waals surface area contributed by atoms with Gasteiger partial charge in [-0.1, -0.05) is 37.2 Å². The molecule has 0 bridgehead atoms. The minimum atomic E-state index is -4.10. The number of likely N-dealkylation sites (tertiary alicyclic amines) is 1. The number of sulfone groups is 1. The molecule has 0 aliphatic carbocycles. The summed E-state index contributed by atoms with van der Waals surface area (Å²) >= 11 is 0. The summed E-state index contributed by atoms with van der Waals surface area (Å²) in [6, 6.07) is 12.3. The number of ether oxygens (including phenoxy) is 2. The monoisotopic (exact) mass is 650 g/mol. The second kappa shape index (κ2) is 15.8. The van der Waals surface area contributed by atoms with Crippen LogP contribution in [0.25, 0.3) is 11.4 Å². The maximum atomic E-state index is 13.7. The number of hydroxylamine groups is 1. The summed E-state index contributed by atoms with van der Waals surface area (Å²) < 4.78 is 41.9. The van der Waals surface area contributed by atoms with Crippen molar-refractivity contribution in [3.05, 3.63) is 59.5 Å². The third-order valence-corrected chi connectivity index (χ3v) is 10.4. The highest BCUT2D eigenvalue weighted by Gasteiger charge is 2.52. The molecule has 11 nitrogen and oxygen atoms in total. The van der Waals surface area contributed by atoms with E-state index in [9.17, 15) is 18.4 Å². The summed E-state index contributed by atoms with van der Waals surface area (Å²) in [6.07, 6.45) is 2.29. The minimum Gasteiger partial charge on any atom is -0.494 e. The Balaban J connectivity index is 0.00000529. The van der Waals surface area contributed by atoms with Crippen molar-refractivity contribution in [2.45, 2.75) is 62.5 Å². The topological polar surface area (TPSA) is 144 Å². The zero-order chi connectivity index (χ0) is 31.0. The molecule has 44 heavy (non-hydrogen) atoms. The van der Waals surface area contributed by atoms with Crippen molar-refractivity contribution in [3.8, 4) is 17.1 Å². The van der Waals surface area contributed by atoms with Crippen LogP contribution < -0.4 is 10.2 Å². The average Bonchev–Trinajstić information content (AvgIpc) is 3.46. The molecule has 0 spiro atoms. The van der Waals surface area contributed by atoms with Gasteiger partial charge in [0.15, 0.2) is 14.6 Å². The molecule has 1 aliphatic heterocycles. The van der Waals surface area contributed by atoms with Gasteiger partial charge in [0, 0.05) is 38.7 Å². The molecule has 3 aromatic rings. The maximum absolute atomic E-state index is 13.7. The van der Waals surface area contributed by atoms with E-state index in [-0.39, 0.29) is 30.1 Å². The summed E-state index contributed by atoms with van der Waals surface area (Å²) in [4.78, 5) is 19.3.